The second-order valence-electron chi connectivity index (χ2n) is 6.78. The number of nitrogens with one attached hydrogen (secondary N) is 1. The minimum Gasteiger partial charge on any atom is -0.273 e. The van der Waals surface area contributed by atoms with E-state index in [4.69, 9.17) is 0 Å². The number of fused-ring (bicyclic) bond motifs is 1. The molecule has 3 heteroatoms. The summed E-state index contributed by atoms with van der Waals surface area (Å²) in [4.78, 5) is 12.4. The minimum atomic E-state index is -0.0888. The Morgan fingerprint density at radius 2 is 2.00 bits per heavy atom. The van der Waals surface area contributed by atoms with Crippen LogP contribution in [-0.2, 0) is 11.2 Å². The third-order valence-electron chi connectivity index (χ3n) is 4.85. The maximum Gasteiger partial charge on any atom is 0.244 e. The van der Waals surface area contributed by atoms with Crippen LogP contribution >= 0.6 is 0 Å². The highest BCUT2D eigenvalue weighted by atomic mass is 16.2. The van der Waals surface area contributed by atoms with Gasteiger partial charge in [0.05, 0.1) is 12.1 Å². The lowest BCUT2D eigenvalue weighted by Gasteiger charge is -2.22. The Morgan fingerprint density at radius 1 is 1.24 bits per heavy atom. The molecule has 0 saturated heterocycles. The summed E-state index contributed by atoms with van der Waals surface area (Å²) >= 11 is 0. The first-order valence-electron chi connectivity index (χ1n) is 8.69. The molecule has 0 spiro atoms. The first-order valence-corrected chi connectivity index (χ1v) is 8.69. The Hall–Kier alpha value is -2.68. The van der Waals surface area contributed by atoms with E-state index in [1.807, 2.05) is 31.2 Å². The molecule has 0 radical (unpaired) electrons. The fourth-order valence-corrected chi connectivity index (χ4v) is 3.21. The second kappa shape index (κ2) is 7.47. The number of benzene rings is 2. The number of hydrogen-bond donors (Lipinski definition) is 1. The molecule has 0 aromatic heterocycles. The van der Waals surface area contributed by atoms with Gasteiger partial charge in [0.1, 0.15) is 0 Å². The topological polar surface area (TPSA) is 41.5 Å². The molecule has 0 fully saturated rings. The van der Waals surface area contributed by atoms with Crippen molar-refractivity contribution in [2.75, 3.05) is 0 Å². The normalized spacial score (nSPS) is 18.9. The Balaban J connectivity index is 1.71. The number of carbonyl (C=O) groups is 1. The Kier molecular flexibility index (Phi) is 5.13. The zero-order valence-electron chi connectivity index (χ0n) is 14.9. The van der Waals surface area contributed by atoms with Crippen LogP contribution in [0.5, 0.6) is 0 Å². The van der Waals surface area contributed by atoms with Gasteiger partial charge in [0.2, 0.25) is 5.91 Å². The Bertz CT molecular complexity index is 871. The third-order valence-corrected chi connectivity index (χ3v) is 4.85. The largest absolute Gasteiger partial charge is 0.273 e. The fourth-order valence-electron chi connectivity index (χ4n) is 3.21. The second-order valence-corrected chi connectivity index (χ2v) is 6.78. The molecule has 0 saturated carbocycles. The van der Waals surface area contributed by atoms with E-state index in [0.717, 1.165) is 40.5 Å². The van der Waals surface area contributed by atoms with E-state index in [-0.39, 0.29) is 5.91 Å². The van der Waals surface area contributed by atoms with Crippen LogP contribution in [0.15, 0.2) is 71.4 Å². The van der Waals surface area contributed by atoms with Crippen molar-refractivity contribution in [2.24, 2.45) is 11.0 Å². The van der Waals surface area contributed by atoms with Crippen molar-refractivity contribution in [3.8, 4) is 0 Å². The van der Waals surface area contributed by atoms with E-state index in [1.165, 1.54) is 5.57 Å². The van der Waals surface area contributed by atoms with Crippen LogP contribution in [0.1, 0.15) is 32.3 Å². The predicted octanol–water partition coefficient (Wildman–Crippen LogP) is 4.79. The Labute approximate surface area is 149 Å². The summed E-state index contributed by atoms with van der Waals surface area (Å²) < 4.78 is 0. The lowest BCUT2D eigenvalue weighted by Crippen LogP contribution is -2.24. The molecule has 2 aromatic rings. The summed E-state index contributed by atoms with van der Waals surface area (Å²) in [5.74, 6) is 0.325. The van der Waals surface area contributed by atoms with Crippen LogP contribution < -0.4 is 5.43 Å². The van der Waals surface area contributed by atoms with Gasteiger partial charge >= 0.3 is 0 Å². The summed E-state index contributed by atoms with van der Waals surface area (Å²) in [6, 6.07) is 14.2. The molecule has 1 amide bonds. The highest BCUT2D eigenvalue weighted by Crippen LogP contribution is 2.26. The maximum absolute atomic E-state index is 12.4. The van der Waals surface area contributed by atoms with Gasteiger partial charge in [-0.25, -0.2) is 5.43 Å². The maximum atomic E-state index is 12.4. The molecule has 3 rings (SSSR count). The van der Waals surface area contributed by atoms with Crippen LogP contribution in [0.2, 0.25) is 0 Å². The quantitative estimate of drug-likeness (QED) is 0.635. The first kappa shape index (κ1) is 17.2. The van der Waals surface area contributed by atoms with E-state index in [1.54, 1.807) is 0 Å². The van der Waals surface area contributed by atoms with Gasteiger partial charge in [0.25, 0.3) is 0 Å². The number of allylic oxidation sites excluding steroid dienone is 3. The summed E-state index contributed by atoms with van der Waals surface area (Å²) in [7, 11) is 0. The SMILES string of the molecule is C=C(C)[C@H]1CC=C(C)/C(=N/NC(=O)Cc2cccc3ccccc23)C1. The number of hydrogen-bond acceptors (Lipinski definition) is 2. The number of amides is 1. The number of rotatable bonds is 4. The molecule has 1 atom stereocenters. The molecule has 1 aliphatic carbocycles. The van der Waals surface area contributed by atoms with Crippen LogP contribution in [0.25, 0.3) is 10.8 Å². The zero-order valence-corrected chi connectivity index (χ0v) is 14.9. The molecule has 0 unspecified atom stereocenters. The van der Waals surface area contributed by atoms with Gasteiger partial charge in [0.15, 0.2) is 0 Å². The molecule has 0 aliphatic heterocycles. The molecule has 25 heavy (non-hydrogen) atoms. The standard InChI is InChI=1S/C22H24N2O/c1-15(2)18-12-11-16(3)21(13-18)23-24-22(25)14-19-9-6-8-17-7-4-5-10-20(17)19/h4-11,18H,1,12-14H2,2-3H3,(H,24,25)/b23-21+/t18-/m0/s1. The third kappa shape index (κ3) is 4.05. The highest BCUT2D eigenvalue weighted by Gasteiger charge is 2.18. The van der Waals surface area contributed by atoms with Gasteiger partial charge in [-0.05, 0) is 54.5 Å². The van der Waals surface area contributed by atoms with Crippen molar-refractivity contribution in [3.05, 3.63) is 71.8 Å². The fraction of sp³-hybridized carbons (Fsp3) is 0.273. The van der Waals surface area contributed by atoms with Crippen LogP contribution in [0.4, 0.5) is 0 Å². The van der Waals surface area contributed by atoms with Crippen LogP contribution in [0, 0.1) is 5.92 Å². The van der Waals surface area contributed by atoms with Gasteiger partial charge in [-0.3, -0.25) is 4.79 Å². The van der Waals surface area contributed by atoms with Crippen LogP contribution in [0.3, 0.4) is 0 Å². The molecule has 0 heterocycles. The summed E-state index contributed by atoms with van der Waals surface area (Å²) in [6.45, 7) is 8.14. The van der Waals surface area contributed by atoms with Gasteiger partial charge in [-0.2, -0.15) is 5.10 Å². The minimum absolute atomic E-state index is 0.0888. The first-order chi connectivity index (χ1) is 12.0. The molecule has 0 bridgehead atoms. The van der Waals surface area contributed by atoms with E-state index in [2.05, 4.69) is 48.3 Å². The molecule has 1 aliphatic rings. The van der Waals surface area contributed by atoms with E-state index in [9.17, 15) is 4.79 Å². The van der Waals surface area contributed by atoms with Crippen LogP contribution in [-0.4, -0.2) is 11.6 Å². The molecule has 2 aromatic carbocycles. The number of carbonyl (C=O) groups excluding carboxylic acids is 1. The van der Waals surface area contributed by atoms with E-state index in [0.29, 0.717) is 12.3 Å². The monoisotopic (exact) mass is 332 g/mol. The highest BCUT2D eigenvalue weighted by molar-refractivity contribution is 6.01. The molecular formula is C22H24N2O. The summed E-state index contributed by atoms with van der Waals surface area (Å²) in [5.41, 5.74) is 7.01. The lowest BCUT2D eigenvalue weighted by atomic mass is 9.85. The number of hydrazone groups is 1. The molecule has 3 nitrogen and oxygen atoms in total. The summed E-state index contributed by atoms with van der Waals surface area (Å²) in [6.07, 6.45) is 4.35. The van der Waals surface area contributed by atoms with Crippen molar-refractivity contribution < 1.29 is 4.79 Å². The number of nitrogens with zero attached hydrogens (tertiary/aromatic N) is 1. The summed E-state index contributed by atoms with van der Waals surface area (Å²) in [5, 5.41) is 6.64. The van der Waals surface area contributed by atoms with Gasteiger partial charge in [-0.1, -0.05) is 60.7 Å². The van der Waals surface area contributed by atoms with Crippen molar-refractivity contribution in [2.45, 2.75) is 33.1 Å². The van der Waals surface area contributed by atoms with E-state index < -0.39 is 0 Å². The Morgan fingerprint density at radius 3 is 2.80 bits per heavy atom. The van der Waals surface area contributed by atoms with Gasteiger partial charge in [-0.15, -0.1) is 0 Å². The van der Waals surface area contributed by atoms with Crippen molar-refractivity contribution in [1.29, 1.82) is 0 Å². The average molecular weight is 332 g/mol. The zero-order chi connectivity index (χ0) is 17.8. The van der Waals surface area contributed by atoms with Gasteiger partial charge < -0.3 is 0 Å². The van der Waals surface area contributed by atoms with E-state index >= 15 is 0 Å². The van der Waals surface area contributed by atoms with Crippen molar-refractivity contribution in [1.82, 2.24) is 5.43 Å². The van der Waals surface area contributed by atoms with Gasteiger partial charge in [0, 0.05) is 0 Å². The lowest BCUT2D eigenvalue weighted by molar-refractivity contribution is -0.120. The molecular weight excluding hydrogens is 308 g/mol. The average Bonchev–Trinajstić information content (AvgIpc) is 2.61. The molecule has 1 N–H and O–H groups in total. The smallest absolute Gasteiger partial charge is 0.244 e. The van der Waals surface area contributed by atoms with Crippen molar-refractivity contribution >= 4 is 22.4 Å². The molecule has 128 valence electrons. The van der Waals surface area contributed by atoms with Crippen molar-refractivity contribution in [3.63, 3.8) is 0 Å². The predicted molar refractivity (Wildman–Crippen MR) is 105 cm³/mol.